The molecule has 0 radical (unpaired) electrons. The number of hydrogen-bond acceptors (Lipinski definition) is 6. The minimum absolute atomic E-state index is 0.242. The first-order valence-corrected chi connectivity index (χ1v) is 5.80. The van der Waals surface area contributed by atoms with Gasteiger partial charge in [-0.1, -0.05) is 0 Å². The van der Waals surface area contributed by atoms with E-state index in [2.05, 4.69) is 15.4 Å². The first-order chi connectivity index (χ1) is 9.11. The van der Waals surface area contributed by atoms with E-state index in [1.54, 1.807) is 30.9 Å². The SMILES string of the molecule is CCOC(=O)c1ccnc(Nc2ccn(C)n2)c1N. The van der Waals surface area contributed by atoms with Gasteiger partial charge in [0.25, 0.3) is 0 Å². The number of carbonyl (C=O) groups is 1. The molecule has 0 fully saturated rings. The molecule has 2 rings (SSSR count). The van der Waals surface area contributed by atoms with Crippen LogP contribution in [0.1, 0.15) is 17.3 Å². The van der Waals surface area contributed by atoms with Crippen molar-refractivity contribution in [3.8, 4) is 0 Å². The number of carbonyl (C=O) groups excluding carboxylic acids is 1. The van der Waals surface area contributed by atoms with Crippen molar-refractivity contribution in [2.75, 3.05) is 17.7 Å². The summed E-state index contributed by atoms with van der Waals surface area (Å²) in [6, 6.07) is 3.30. The highest BCUT2D eigenvalue weighted by atomic mass is 16.5. The van der Waals surface area contributed by atoms with E-state index in [4.69, 9.17) is 10.5 Å². The number of nitrogens with two attached hydrogens (primary N) is 1. The van der Waals surface area contributed by atoms with Gasteiger partial charge in [-0.3, -0.25) is 4.68 Å². The number of rotatable bonds is 4. The van der Waals surface area contributed by atoms with Crippen molar-refractivity contribution in [1.29, 1.82) is 0 Å². The average Bonchev–Trinajstić information content (AvgIpc) is 2.78. The monoisotopic (exact) mass is 261 g/mol. The highest BCUT2D eigenvalue weighted by Crippen LogP contribution is 2.23. The molecule has 0 unspecified atom stereocenters. The molecule has 7 nitrogen and oxygen atoms in total. The van der Waals surface area contributed by atoms with Gasteiger partial charge in [0.1, 0.15) is 0 Å². The Labute approximate surface area is 110 Å². The molecule has 3 N–H and O–H groups in total. The molecule has 19 heavy (non-hydrogen) atoms. The number of nitrogen functional groups attached to an aromatic ring is 1. The Morgan fingerprint density at radius 2 is 2.32 bits per heavy atom. The van der Waals surface area contributed by atoms with Crippen LogP contribution in [0.3, 0.4) is 0 Å². The Hall–Kier alpha value is -2.57. The minimum Gasteiger partial charge on any atom is -0.462 e. The molecule has 0 saturated carbocycles. The van der Waals surface area contributed by atoms with Crippen LogP contribution in [0, 0.1) is 0 Å². The number of pyridine rings is 1. The second kappa shape index (κ2) is 5.38. The smallest absolute Gasteiger partial charge is 0.340 e. The van der Waals surface area contributed by atoms with Gasteiger partial charge in [-0.05, 0) is 13.0 Å². The molecule has 0 aliphatic carbocycles. The molecule has 100 valence electrons. The van der Waals surface area contributed by atoms with Crippen LogP contribution in [0.25, 0.3) is 0 Å². The van der Waals surface area contributed by atoms with E-state index in [9.17, 15) is 4.79 Å². The number of nitrogens with zero attached hydrogens (tertiary/aromatic N) is 3. The second-order valence-corrected chi connectivity index (χ2v) is 3.84. The molecular weight excluding hydrogens is 246 g/mol. The van der Waals surface area contributed by atoms with Crippen LogP contribution in [-0.4, -0.2) is 27.3 Å². The Balaban J connectivity index is 2.27. The fraction of sp³-hybridized carbons (Fsp3) is 0.250. The van der Waals surface area contributed by atoms with E-state index >= 15 is 0 Å². The number of esters is 1. The van der Waals surface area contributed by atoms with Gasteiger partial charge in [0.15, 0.2) is 11.6 Å². The van der Waals surface area contributed by atoms with Gasteiger partial charge in [-0.25, -0.2) is 9.78 Å². The highest BCUT2D eigenvalue weighted by Gasteiger charge is 2.14. The standard InChI is InChI=1S/C12H15N5O2/c1-3-19-12(18)8-4-6-14-11(10(8)13)15-9-5-7-17(2)16-9/h4-7H,3,13H2,1-2H3,(H,14,15,16). The van der Waals surface area contributed by atoms with E-state index in [0.29, 0.717) is 18.2 Å². The van der Waals surface area contributed by atoms with E-state index < -0.39 is 5.97 Å². The van der Waals surface area contributed by atoms with Crippen molar-refractivity contribution >= 4 is 23.3 Å². The summed E-state index contributed by atoms with van der Waals surface area (Å²) in [6.07, 6.45) is 3.28. The minimum atomic E-state index is -0.466. The molecule has 0 atom stereocenters. The molecule has 0 saturated heterocycles. The molecule has 2 aromatic heterocycles. The topological polar surface area (TPSA) is 95.1 Å². The van der Waals surface area contributed by atoms with Crippen molar-refractivity contribution in [3.63, 3.8) is 0 Å². The second-order valence-electron chi connectivity index (χ2n) is 3.84. The quantitative estimate of drug-likeness (QED) is 0.806. The number of aryl methyl sites for hydroxylation is 1. The number of hydrogen-bond donors (Lipinski definition) is 2. The molecule has 0 aliphatic heterocycles. The number of anilines is 3. The zero-order valence-electron chi connectivity index (χ0n) is 10.8. The fourth-order valence-electron chi connectivity index (χ4n) is 1.56. The third-order valence-corrected chi connectivity index (χ3v) is 2.45. The maximum atomic E-state index is 11.7. The summed E-state index contributed by atoms with van der Waals surface area (Å²) < 4.78 is 6.57. The number of ether oxygens (including phenoxy) is 1. The van der Waals surface area contributed by atoms with Crippen LogP contribution in [0.15, 0.2) is 24.5 Å². The zero-order valence-corrected chi connectivity index (χ0v) is 10.8. The summed E-state index contributed by atoms with van der Waals surface area (Å²) >= 11 is 0. The highest BCUT2D eigenvalue weighted by molar-refractivity contribution is 5.97. The third kappa shape index (κ3) is 2.82. The van der Waals surface area contributed by atoms with Crippen LogP contribution < -0.4 is 11.1 Å². The molecule has 0 bridgehead atoms. The Kier molecular flexibility index (Phi) is 3.65. The van der Waals surface area contributed by atoms with Crippen LogP contribution >= 0.6 is 0 Å². The van der Waals surface area contributed by atoms with Gasteiger partial charge >= 0.3 is 5.97 Å². The third-order valence-electron chi connectivity index (χ3n) is 2.45. The van der Waals surface area contributed by atoms with E-state index in [1.165, 1.54) is 12.3 Å². The first-order valence-electron chi connectivity index (χ1n) is 5.80. The normalized spacial score (nSPS) is 10.2. The fourth-order valence-corrected chi connectivity index (χ4v) is 1.56. The van der Waals surface area contributed by atoms with Gasteiger partial charge < -0.3 is 15.8 Å². The maximum absolute atomic E-state index is 11.7. The zero-order chi connectivity index (χ0) is 13.8. The number of nitrogens with one attached hydrogen (secondary N) is 1. The molecule has 0 aliphatic rings. The largest absolute Gasteiger partial charge is 0.462 e. The molecule has 7 heteroatoms. The maximum Gasteiger partial charge on any atom is 0.340 e. The van der Waals surface area contributed by atoms with Crippen molar-refractivity contribution in [3.05, 3.63) is 30.1 Å². The molecule has 0 amide bonds. The lowest BCUT2D eigenvalue weighted by Gasteiger charge is -2.09. The van der Waals surface area contributed by atoms with E-state index in [-0.39, 0.29) is 11.3 Å². The Morgan fingerprint density at radius 1 is 1.53 bits per heavy atom. The Morgan fingerprint density at radius 3 is 2.95 bits per heavy atom. The van der Waals surface area contributed by atoms with Gasteiger partial charge in [0.05, 0.1) is 17.9 Å². The van der Waals surface area contributed by atoms with Crippen molar-refractivity contribution in [2.45, 2.75) is 6.92 Å². The van der Waals surface area contributed by atoms with Gasteiger partial charge in [0, 0.05) is 25.5 Å². The summed E-state index contributed by atoms with van der Waals surface area (Å²) in [5, 5.41) is 7.11. The lowest BCUT2D eigenvalue weighted by molar-refractivity contribution is 0.0527. The molecule has 2 aromatic rings. The van der Waals surface area contributed by atoms with Crippen LogP contribution in [0.5, 0.6) is 0 Å². The van der Waals surface area contributed by atoms with Crippen molar-refractivity contribution in [2.24, 2.45) is 7.05 Å². The number of aromatic nitrogens is 3. The van der Waals surface area contributed by atoms with Crippen LogP contribution in [-0.2, 0) is 11.8 Å². The van der Waals surface area contributed by atoms with Crippen molar-refractivity contribution < 1.29 is 9.53 Å². The lowest BCUT2D eigenvalue weighted by Crippen LogP contribution is -2.10. The summed E-state index contributed by atoms with van der Waals surface area (Å²) in [5.74, 6) is 0.512. The first kappa shape index (κ1) is 12.9. The lowest BCUT2D eigenvalue weighted by atomic mass is 10.2. The summed E-state index contributed by atoms with van der Waals surface area (Å²) in [7, 11) is 1.80. The van der Waals surface area contributed by atoms with Crippen molar-refractivity contribution in [1.82, 2.24) is 14.8 Å². The van der Waals surface area contributed by atoms with Gasteiger partial charge in [-0.2, -0.15) is 5.10 Å². The Bertz CT molecular complexity index is 594. The van der Waals surface area contributed by atoms with Crippen LogP contribution in [0.4, 0.5) is 17.3 Å². The van der Waals surface area contributed by atoms with E-state index in [0.717, 1.165) is 0 Å². The molecule has 0 spiro atoms. The molecule has 0 aromatic carbocycles. The van der Waals surface area contributed by atoms with Gasteiger partial charge in [0.2, 0.25) is 0 Å². The predicted octanol–water partition coefficient (Wildman–Crippen LogP) is 1.32. The van der Waals surface area contributed by atoms with Crippen LogP contribution in [0.2, 0.25) is 0 Å². The molecular formula is C12H15N5O2. The van der Waals surface area contributed by atoms with E-state index in [1.807, 2.05) is 0 Å². The predicted molar refractivity (Wildman–Crippen MR) is 71.1 cm³/mol. The summed E-state index contributed by atoms with van der Waals surface area (Å²) in [6.45, 7) is 2.03. The molecule has 2 heterocycles. The van der Waals surface area contributed by atoms with Gasteiger partial charge in [-0.15, -0.1) is 0 Å². The summed E-state index contributed by atoms with van der Waals surface area (Å²) in [5.41, 5.74) is 6.44. The average molecular weight is 261 g/mol. The summed E-state index contributed by atoms with van der Waals surface area (Å²) in [4.78, 5) is 15.8.